The van der Waals surface area contributed by atoms with Crippen LogP contribution < -0.4 is 5.32 Å². The van der Waals surface area contributed by atoms with E-state index >= 15 is 0 Å². The number of nitrogens with zero attached hydrogens (tertiary/aromatic N) is 1. The van der Waals surface area contributed by atoms with E-state index in [1.807, 2.05) is 36.9 Å². The minimum atomic E-state index is -0.264. The van der Waals surface area contributed by atoms with Gasteiger partial charge in [-0.2, -0.15) is 0 Å². The molecule has 1 saturated heterocycles. The Bertz CT molecular complexity index is 1110. The number of fused-ring (bicyclic) bond motifs is 1. The van der Waals surface area contributed by atoms with E-state index in [0.29, 0.717) is 31.5 Å². The number of aryl methyl sites for hydroxylation is 1. The number of carbonyl (C=O) groups excluding carboxylic acids is 2. The Kier molecular flexibility index (Phi) is 6.37. The molecule has 1 aliphatic rings. The summed E-state index contributed by atoms with van der Waals surface area (Å²) in [5.41, 5.74) is 1.63. The molecule has 0 unspecified atom stereocenters. The van der Waals surface area contributed by atoms with Crippen LogP contribution in [0.4, 0.5) is 4.39 Å². The highest BCUT2D eigenvalue weighted by Gasteiger charge is 2.32. The van der Waals surface area contributed by atoms with Gasteiger partial charge in [0.2, 0.25) is 5.91 Å². The Balaban J connectivity index is 1.51. The number of benzene rings is 2. The molecular weight excluding hydrogens is 411 g/mol. The highest BCUT2D eigenvalue weighted by Crippen LogP contribution is 2.40. The van der Waals surface area contributed by atoms with Gasteiger partial charge in [-0.15, -0.1) is 11.3 Å². The number of rotatable bonds is 6. The topological polar surface area (TPSA) is 49.4 Å². The zero-order valence-corrected chi connectivity index (χ0v) is 18.7. The quantitative estimate of drug-likeness (QED) is 0.580. The van der Waals surface area contributed by atoms with E-state index in [0.717, 1.165) is 26.9 Å². The van der Waals surface area contributed by atoms with Gasteiger partial charge in [0.05, 0.1) is 4.88 Å². The first-order chi connectivity index (χ1) is 14.9. The van der Waals surface area contributed by atoms with Crippen LogP contribution in [0.3, 0.4) is 0 Å². The summed E-state index contributed by atoms with van der Waals surface area (Å²) in [5.74, 6) is -0.143. The fraction of sp³-hybridized carbons (Fsp3) is 0.360. The second kappa shape index (κ2) is 9.18. The normalized spacial score (nSPS) is 16.3. The van der Waals surface area contributed by atoms with Crippen molar-refractivity contribution in [3.63, 3.8) is 0 Å². The molecular formula is C25H27FN2O2S. The molecule has 6 heteroatoms. The van der Waals surface area contributed by atoms with Gasteiger partial charge in [-0.1, -0.05) is 36.4 Å². The third-order valence-electron chi connectivity index (χ3n) is 5.78. The summed E-state index contributed by atoms with van der Waals surface area (Å²) in [6.45, 7) is 5.17. The van der Waals surface area contributed by atoms with Crippen molar-refractivity contribution >= 4 is 33.2 Å². The van der Waals surface area contributed by atoms with Crippen LogP contribution in [0.15, 0.2) is 48.5 Å². The highest BCUT2D eigenvalue weighted by atomic mass is 32.1. The molecule has 1 aromatic heterocycles. The Morgan fingerprint density at radius 2 is 1.90 bits per heavy atom. The Morgan fingerprint density at radius 1 is 1.16 bits per heavy atom. The molecule has 2 aromatic carbocycles. The van der Waals surface area contributed by atoms with Crippen LogP contribution in [-0.2, 0) is 11.2 Å². The van der Waals surface area contributed by atoms with Gasteiger partial charge in [-0.25, -0.2) is 4.39 Å². The third-order valence-corrected chi connectivity index (χ3v) is 6.96. The number of carbonyl (C=O) groups is 2. The lowest BCUT2D eigenvalue weighted by Crippen LogP contribution is -2.31. The van der Waals surface area contributed by atoms with E-state index in [4.69, 9.17) is 0 Å². The average Bonchev–Trinajstić information content (AvgIpc) is 3.37. The van der Waals surface area contributed by atoms with E-state index < -0.39 is 0 Å². The molecule has 0 spiro atoms. The molecule has 1 aliphatic heterocycles. The SMILES string of the molecule is CC(C)NC(=O)c1sc2ccccc2c1[C@@H]1CCN(C(=O)CCc2ccccc2F)C1. The number of likely N-dealkylation sites (tertiary alicyclic amines) is 1. The molecule has 4 rings (SSSR count). The van der Waals surface area contributed by atoms with Gasteiger partial charge in [0.15, 0.2) is 0 Å². The summed E-state index contributed by atoms with van der Waals surface area (Å²) < 4.78 is 15.0. The minimum Gasteiger partial charge on any atom is -0.349 e. The number of halogens is 1. The van der Waals surface area contributed by atoms with Crippen LogP contribution in [0.5, 0.6) is 0 Å². The Hall–Kier alpha value is -2.73. The number of thiophene rings is 1. The molecule has 0 radical (unpaired) electrons. The van der Waals surface area contributed by atoms with Gasteiger partial charge in [0, 0.05) is 36.2 Å². The molecule has 4 nitrogen and oxygen atoms in total. The van der Waals surface area contributed by atoms with Crippen molar-refractivity contribution in [1.82, 2.24) is 10.2 Å². The van der Waals surface area contributed by atoms with Crippen molar-refractivity contribution in [2.24, 2.45) is 0 Å². The van der Waals surface area contributed by atoms with Gasteiger partial charge in [-0.3, -0.25) is 9.59 Å². The summed E-state index contributed by atoms with van der Waals surface area (Å²) in [5, 5.41) is 4.12. The molecule has 2 heterocycles. The smallest absolute Gasteiger partial charge is 0.261 e. The molecule has 0 saturated carbocycles. The molecule has 0 bridgehead atoms. The lowest BCUT2D eigenvalue weighted by molar-refractivity contribution is -0.130. The van der Waals surface area contributed by atoms with Crippen LogP contribution in [0, 0.1) is 5.82 Å². The summed E-state index contributed by atoms with van der Waals surface area (Å²) >= 11 is 1.52. The number of nitrogens with one attached hydrogen (secondary N) is 1. The number of amides is 2. The number of hydrogen-bond donors (Lipinski definition) is 1. The van der Waals surface area contributed by atoms with Gasteiger partial charge in [0.1, 0.15) is 5.82 Å². The maximum Gasteiger partial charge on any atom is 0.261 e. The fourth-order valence-corrected chi connectivity index (χ4v) is 5.48. The largest absolute Gasteiger partial charge is 0.349 e. The molecule has 3 aromatic rings. The van der Waals surface area contributed by atoms with Crippen LogP contribution >= 0.6 is 11.3 Å². The lowest BCUT2D eigenvalue weighted by atomic mass is 9.95. The maximum atomic E-state index is 13.9. The number of hydrogen-bond acceptors (Lipinski definition) is 3. The summed E-state index contributed by atoms with van der Waals surface area (Å²) in [7, 11) is 0. The van der Waals surface area contributed by atoms with Crippen molar-refractivity contribution in [3.05, 3.63) is 70.4 Å². The predicted molar refractivity (Wildman–Crippen MR) is 123 cm³/mol. The first-order valence-corrected chi connectivity index (χ1v) is 11.6. The second-order valence-corrected chi connectivity index (χ2v) is 9.44. The van der Waals surface area contributed by atoms with Crippen molar-refractivity contribution in [2.75, 3.05) is 13.1 Å². The summed E-state index contributed by atoms with van der Waals surface area (Å²) in [4.78, 5) is 28.3. The highest BCUT2D eigenvalue weighted by molar-refractivity contribution is 7.21. The van der Waals surface area contributed by atoms with Gasteiger partial charge in [0.25, 0.3) is 5.91 Å². The molecule has 31 heavy (non-hydrogen) atoms. The molecule has 1 fully saturated rings. The lowest BCUT2D eigenvalue weighted by Gasteiger charge is -2.18. The van der Waals surface area contributed by atoms with Crippen molar-refractivity contribution in [3.8, 4) is 0 Å². The van der Waals surface area contributed by atoms with Crippen LogP contribution in [-0.4, -0.2) is 35.8 Å². The van der Waals surface area contributed by atoms with E-state index in [-0.39, 0.29) is 29.6 Å². The summed E-state index contributed by atoms with van der Waals surface area (Å²) in [6, 6.07) is 14.8. The van der Waals surface area contributed by atoms with Crippen molar-refractivity contribution in [1.29, 1.82) is 0 Å². The molecule has 0 aliphatic carbocycles. The maximum absolute atomic E-state index is 13.9. The molecule has 2 amide bonds. The van der Waals surface area contributed by atoms with Crippen LogP contribution in [0.2, 0.25) is 0 Å². The predicted octanol–water partition coefficient (Wildman–Crippen LogP) is 5.13. The second-order valence-electron chi connectivity index (χ2n) is 8.39. The van der Waals surface area contributed by atoms with Gasteiger partial charge >= 0.3 is 0 Å². The van der Waals surface area contributed by atoms with Crippen molar-refractivity contribution in [2.45, 2.75) is 45.1 Å². The fourth-order valence-electron chi connectivity index (χ4n) is 4.29. The van der Waals surface area contributed by atoms with Crippen molar-refractivity contribution < 1.29 is 14.0 Å². The molecule has 1 N–H and O–H groups in total. The Morgan fingerprint density at radius 3 is 2.68 bits per heavy atom. The van der Waals surface area contributed by atoms with E-state index in [1.54, 1.807) is 18.2 Å². The Labute approximate surface area is 186 Å². The molecule has 162 valence electrons. The summed E-state index contributed by atoms with van der Waals surface area (Å²) in [6.07, 6.45) is 1.52. The van der Waals surface area contributed by atoms with Crippen LogP contribution in [0.25, 0.3) is 10.1 Å². The monoisotopic (exact) mass is 438 g/mol. The standard InChI is InChI=1S/C25H27FN2O2S/c1-16(2)27-25(30)24-23(19-8-4-6-10-21(19)31-24)18-13-14-28(15-18)22(29)12-11-17-7-3-5-9-20(17)26/h3-10,16,18H,11-15H2,1-2H3,(H,27,30)/t18-/m1/s1. The van der Waals surface area contributed by atoms with E-state index in [2.05, 4.69) is 11.4 Å². The van der Waals surface area contributed by atoms with E-state index in [9.17, 15) is 14.0 Å². The minimum absolute atomic E-state index is 0.0403. The average molecular weight is 439 g/mol. The van der Waals surface area contributed by atoms with Gasteiger partial charge < -0.3 is 10.2 Å². The zero-order valence-electron chi connectivity index (χ0n) is 17.9. The first kappa shape index (κ1) is 21.5. The van der Waals surface area contributed by atoms with Gasteiger partial charge in [-0.05, 0) is 55.3 Å². The molecule has 1 atom stereocenters. The zero-order chi connectivity index (χ0) is 22.0. The first-order valence-electron chi connectivity index (χ1n) is 10.8. The third kappa shape index (κ3) is 4.64. The van der Waals surface area contributed by atoms with E-state index in [1.165, 1.54) is 17.4 Å². The van der Waals surface area contributed by atoms with Crippen LogP contribution in [0.1, 0.15) is 53.4 Å².